The number of carbonyl (C=O) groups excluding carboxylic acids is 1. The fraction of sp³-hybridized carbons (Fsp3) is 0.367. The van der Waals surface area contributed by atoms with Crippen molar-refractivity contribution in [2.75, 3.05) is 20.3 Å². The van der Waals surface area contributed by atoms with E-state index in [0.29, 0.717) is 44.3 Å². The number of unbranched alkanes of at least 4 members (excludes halogenated alkanes) is 1. The van der Waals surface area contributed by atoms with Crippen LogP contribution in [0.25, 0.3) is 6.08 Å². The molecule has 1 aliphatic heterocycles. The first-order valence-electron chi connectivity index (χ1n) is 13.4. The first kappa shape index (κ1) is 29.7. The van der Waals surface area contributed by atoms with Gasteiger partial charge < -0.3 is 14.2 Å². The van der Waals surface area contributed by atoms with Crippen molar-refractivity contribution in [1.82, 2.24) is 4.57 Å². The Kier molecular flexibility index (Phi) is 9.38. The highest BCUT2D eigenvalue weighted by molar-refractivity contribution is 7.07. The van der Waals surface area contributed by atoms with E-state index >= 15 is 0 Å². The Morgan fingerprint density at radius 2 is 1.93 bits per heavy atom. The number of nitro groups is 1. The minimum atomic E-state index is -0.816. The number of allylic oxidation sites excluding steroid dienone is 1. The SMILES string of the molecule is CCCCOc1ccc(C2C(C(=O)OCC(C)C)=C(C)N=c3sc(=Cc4ccc([N+](=O)[O-])cc4)c(=O)n32)cc1OC. The number of hydrogen-bond donors (Lipinski definition) is 0. The van der Waals surface area contributed by atoms with Gasteiger partial charge in [-0.3, -0.25) is 19.5 Å². The highest BCUT2D eigenvalue weighted by atomic mass is 32.1. The monoisotopic (exact) mass is 579 g/mol. The number of esters is 1. The van der Waals surface area contributed by atoms with Crippen LogP contribution in [-0.2, 0) is 9.53 Å². The number of rotatable bonds is 11. The van der Waals surface area contributed by atoms with Crippen molar-refractivity contribution >= 4 is 29.1 Å². The molecule has 3 aromatic rings. The first-order valence-corrected chi connectivity index (χ1v) is 14.2. The van der Waals surface area contributed by atoms with Gasteiger partial charge in [-0.05, 0) is 60.7 Å². The van der Waals surface area contributed by atoms with E-state index in [-0.39, 0.29) is 29.3 Å². The number of aromatic nitrogens is 1. The maximum Gasteiger partial charge on any atom is 0.338 e. The van der Waals surface area contributed by atoms with Gasteiger partial charge in [-0.25, -0.2) is 9.79 Å². The van der Waals surface area contributed by atoms with Crippen molar-refractivity contribution in [3.8, 4) is 11.5 Å². The molecule has 0 radical (unpaired) electrons. The Balaban J connectivity index is 1.86. The molecule has 0 spiro atoms. The van der Waals surface area contributed by atoms with Gasteiger partial charge in [-0.15, -0.1) is 0 Å². The van der Waals surface area contributed by atoms with Gasteiger partial charge in [0.15, 0.2) is 16.3 Å². The number of fused-ring (bicyclic) bond motifs is 1. The Hall–Kier alpha value is -4.25. The fourth-order valence-corrected chi connectivity index (χ4v) is 5.41. The molecule has 0 amide bonds. The van der Waals surface area contributed by atoms with E-state index in [2.05, 4.69) is 11.9 Å². The van der Waals surface area contributed by atoms with Crippen LogP contribution in [0.1, 0.15) is 57.7 Å². The van der Waals surface area contributed by atoms with E-state index in [1.807, 2.05) is 19.9 Å². The Morgan fingerprint density at radius 3 is 2.56 bits per heavy atom. The summed E-state index contributed by atoms with van der Waals surface area (Å²) in [5.41, 5.74) is 1.59. The summed E-state index contributed by atoms with van der Waals surface area (Å²) in [6.45, 7) is 8.46. The summed E-state index contributed by atoms with van der Waals surface area (Å²) < 4.78 is 19.0. The summed E-state index contributed by atoms with van der Waals surface area (Å²) in [5, 5.41) is 11.0. The van der Waals surface area contributed by atoms with Crippen molar-refractivity contribution < 1.29 is 23.9 Å². The lowest BCUT2D eigenvalue weighted by Crippen LogP contribution is -2.40. The van der Waals surface area contributed by atoms with Crippen LogP contribution in [0, 0.1) is 16.0 Å². The molecule has 0 bridgehead atoms. The zero-order valence-electron chi connectivity index (χ0n) is 23.7. The molecule has 1 atom stereocenters. The Morgan fingerprint density at radius 1 is 1.20 bits per heavy atom. The normalized spacial score (nSPS) is 15.0. The topological polar surface area (TPSA) is 122 Å². The third-order valence-electron chi connectivity index (χ3n) is 6.45. The molecule has 0 saturated heterocycles. The maximum atomic E-state index is 13.9. The van der Waals surface area contributed by atoms with Gasteiger partial charge in [0, 0.05) is 12.1 Å². The third kappa shape index (κ3) is 6.57. The molecule has 216 valence electrons. The second-order valence-electron chi connectivity index (χ2n) is 10.0. The molecule has 11 heteroatoms. The second-order valence-corrected chi connectivity index (χ2v) is 11.0. The van der Waals surface area contributed by atoms with Crippen LogP contribution >= 0.6 is 11.3 Å². The van der Waals surface area contributed by atoms with Gasteiger partial charge in [0.25, 0.3) is 11.2 Å². The summed E-state index contributed by atoms with van der Waals surface area (Å²) in [6, 6.07) is 10.5. The molecule has 4 rings (SSSR count). The van der Waals surface area contributed by atoms with Crippen molar-refractivity contribution in [3.05, 3.63) is 94.7 Å². The highest BCUT2D eigenvalue weighted by Crippen LogP contribution is 2.36. The van der Waals surface area contributed by atoms with Crippen molar-refractivity contribution in [1.29, 1.82) is 0 Å². The van der Waals surface area contributed by atoms with Gasteiger partial charge in [-0.2, -0.15) is 0 Å². The van der Waals surface area contributed by atoms with Crippen LogP contribution in [0.15, 0.2) is 63.5 Å². The molecule has 1 aliphatic rings. The van der Waals surface area contributed by atoms with Crippen LogP contribution < -0.4 is 24.4 Å². The second kappa shape index (κ2) is 12.9. The van der Waals surface area contributed by atoms with E-state index in [9.17, 15) is 19.7 Å². The van der Waals surface area contributed by atoms with Crippen molar-refractivity contribution in [3.63, 3.8) is 0 Å². The van der Waals surface area contributed by atoms with Gasteiger partial charge in [-0.1, -0.05) is 44.6 Å². The minimum absolute atomic E-state index is 0.0418. The molecule has 41 heavy (non-hydrogen) atoms. The molecule has 0 N–H and O–H groups in total. The number of carbonyl (C=O) groups is 1. The first-order chi connectivity index (χ1) is 19.6. The van der Waals surface area contributed by atoms with E-state index in [1.54, 1.807) is 44.4 Å². The minimum Gasteiger partial charge on any atom is -0.493 e. The molecule has 10 nitrogen and oxygen atoms in total. The molecular formula is C30H33N3O7S. The van der Waals surface area contributed by atoms with Crippen LogP contribution in [0.2, 0.25) is 0 Å². The molecular weight excluding hydrogens is 546 g/mol. The van der Waals surface area contributed by atoms with E-state index in [1.165, 1.54) is 28.0 Å². The Labute approximate surface area is 241 Å². The standard InChI is InChI=1S/C30H33N3O7S/c1-6-7-14-39-23-13-10-21(16-24(23)38-5)27-26(29(35)40-17-18(2)3)19(4)31-30-32(27)28(34)25(41-30)15-20-8-11-22(12-9-20)33(36)37/h8-13,15-16,18,27H,6-7,14,17H2,1-5H3. The van der Waals surface area contributed by atoms with Gasteiger partial charge >= 0.3 is 5.97 Å². The molecule has 0 saturated carbocycles. The summed E-state index contributed by atoms with van der Waals surface area (Å²) in [4.78, 5) is 42.9. The quantitative estimate of drug-likeness (QED) is 0.142. The highest BCUT2D eigenvalue weighted by Gasteiger charge is 2.34. The number of thiazole rings is 1. The molecule has 0 aliphatic carbocycles. The smallest absolute Gasteiger partial charge is 0.338 e. The van der Waals surface area contributed by atoms with E-state index in [4.69, 9.17) is 14.2 Å². The molecule has 0 fully saturated rings. The molecule has 2 aromatic carbocycles. The number of non-ortho nitro benzene ring substituents is 1. The van der Waals surface area contributed by atoms with Crippen molar-refractivity contribution in [2.24, 2.45) is 10.9 Å². The summed E-state index contributed by atoms with van der Waals surface area (Å²) in [7, 11) is 1.54. The lowest BCUT2D eigenvalue weighted by molar-refractivity contribution is -0.384. The van der Waals surface area contributed by atoms with Crippen LogP contribution in [-0.4, -0.2) is 35.8 Å². The number of nitrogens with zero attached hydrogens (tertiary/aromatic N) is 3. The zero-order chi connectivity index (χ0) is 29.7. The lowest BCUT2D eigenvalue weighted by Gasteiger charge is -2.25. The largest absolute Gasteiger partial charge is 0.493 e. The van der Waals surface area contributed by atoms with E-state index in [0.717, 1.165) is 12.8 Å². The lowest BCUT2D eigenvalue weighted by atomic mass is 9.95. The van der Waals surface area contributed by atoms with Gasteiger partial charge in [0.05, 0.1) is 47.1 Å². The summed E-state index contributed by atoms with van der Waals surface area (Å²) in [5.74, 6) is 0.633. The predicted molar refractivity (Wildman–Crippen MR) is 156 cm³/mol. The van der Waals surface area contributed by atoms with Crippen LogP contribution in [0.5, 0.6) is 11.5 Å². The number of benzene rings is 2. The Bertz CT molecular complexity index is 1650. The molecule has 1 aromatic heterocycles. The average molecular weight is 580 g/mol. The number of nitro benzene ring substituents is 1. The average Bonchev–Trinajstić information content (AvgIpc) is 3.25. The fourth-order valence-electron chi connectivity index (χ4n) is 4.36. The van der Waals surface area contributed by atoms with Crippen LogP contribution in [0.4, 0.5) is 5.69 Å². The van der Waals surface area contributed by atoms with Crippen molar-refractivity contribution in [2.45, 2.75) is 46.6 Å². The predicted octanol–water partition coefficient (Wildman–Crippen LogP) is 4.53. The molecule has 2 heterocycles. The maximum absolute atomic E-state index is 13.9. The summed E-state index contributed by atoms with van der Waals surface area (Å²) >= 11 is 1.18. The van der Waals surface area contributed by atoms with Gasteiger partial charge in [0.1, 0.15) is 0 Å². The van der Waals surface area contributed by atoms with Crippen LogP contribution in [0.3, 0.4) is 0 Å². The molecule has 1 unspecified atom stereocenters. The number of hydrogen-bond acceptors (Lipinski definition) is 9. The number of methoxy groups -OCH3 is 1. The van der Waals surface area contributed by atoms with Gasteiger partial charge in [0.2, 0.25) is 0 Å². The number of ether oxygens (including phenoxy) is 3. The van der Waals surface area contributed by atoms with E-state index < -0.39 is 16.9 Å². The zero-order valence-corrected chi connectivity index (χ0v) is 24.5. The third-order valence-corrected chi connectivity index (χ3v) is 7.43. The summed E-state index contributed by atoms with van der Waals surface area (Å²) in [6.07, 6.45) is 3.54.